The molecule has 3 N–H and O–H groups in total. The van der Waals surface area contributed by atoms with Gasteiger partial charge in [0.15, 0.2) is 0 Å². The Labute approximate surface area is 188 Å². The van der Waals surface area contributed by atoms with E-state index in [-0.39, 0.29) is 18.5 Å². The number of aromatic nitrogens is 1. The van der Waals surface area contributed by atoms with Crippen molar-refractivity contribution in [3.63, 3.8) is 0 Å². The fourth-order valence-electron chi connectivity index (χ4n) is 4.52. The van der Waals surface area contributed by atoms with E-state index in [1.807, 2.05) is 83.8 Å². The Kier molecular flexibility index (Phi) is 6.61. The van der Waals surface area contributed by atoms with E-state index < -0.39 is 11.3 Å². The van der Waals surface area contributed by atoms with Crippen molar-refractivity contribution >= 4 is 11.8 Å². The Morgan fingerprint density at radius 1 is 0.969 bits per heavy atom. The van der Waals surface area contributed by atoms with E-state index in [2.05, 4.69) is 10.3 Å². The van der Waals surface area contributed by atoms with E-state index in [9.17, 15) is 9.59 Å². The van der Waals surface area contributed by atoms with Gasteiger partial charge in [-0.2, -0.15) is 0 Å². The zero-order valence-corrected chi connectivity index (χ0v) is 18.0. The number of benzene rings is 2. The second kappa shape index (κ2) is 9.75. The van der Waals surface area contributed by atoms with Crippen LogP contribution in [0.2, 0.25) is 0 Å². The van der Waals surface area contributed by atoms with Crippen molar-refractivity contribution < 1.29 is 9.59 Å². The highest BCUT2D eigenvalue weighted by Gasteiger charge is 2.43. The van der Waals surface area contributed by atoms with Crippen LogP contribution in [-0.2, 0) is 15.0 Å². The quantitative estimate of drug-likeness (QED) is 0.606. The number of carbonyl (C=O) groups excluding carboxylic acids is 2. The smallest absolute Gasteiger partial charge is 0.234 e. The van der Waals surface area contributed by atoms with Gasteiger partial charge in [0, 0.05) is 12.7 Å². The van der Waals surface area contributed by atoms with E-state index >= 15 is 0 Å². The number of amides is 2. The molecular formula is C26H28N4O2. The second-order valence-corrected chi connectivity index (χ2v) is 8.30. The van der Waals surface area contributed by atoms with Crippen LogP contribution in [0, 0.1) is 0 Å². The highest BCUT2D eigenvalue weighted by atomic mass is 16.2. The molecule has 4 rings (SSSR count). The van der Waals surface area contributed by atoms with E-state index in [0.717, 1.165) is 24.1 Å². The van der Waals surface area contributed by atoms with Crippen LogP contribution in [0.25, 0.3) is 0 Å². The summed E-state index contributed by atoms with van der Waals surface area (Å²) in [6, 6.07) is 25.1. The maximum atomic E-state index is 13.1. The fraction of sp³-hybridized carbons (Fsp3) is 0.269. The Morgan fingerprint density at radius 3 is 2.16 bits per heavy atom. The minimum absolute atomic E-state index is 0.0935. The van der Waals surface area contributed by atoms with Gasteiger partial charge in [0.25, 0.3) is 0 Å². The molecule has 0 aliphatic carbocycles. The first-order valence-electron chi connectivity index (χ1n) is 10.9. The monoisotopic (exact) mass is 428 g/mol. The number of primary amides is 1. The third-order valence-corrected chi connectivity index (χ3v) is 6.14. The van der Waals surface area contributed by atoms with Gasteiger partial charge in [-0.05, 0) is 42.6 Å². The number of nitrogens with two attached hydrogens (primary N) is 1. The van der Waals surface area contributed by atoms with E-state index in [4.69, 9.17) is 5.73 Å². The lowest BCUT2D eigenvalue weighted by Gasteiger charge is -2.40. The van der Waals surface area contributed by atoms with Gasteiger partial charge in [-0.25, -0.2) is 0 Å². The van der Waals surface area contributed by atoms with Crippen molar-refractivity contribution in [2.45, 2.75) is 24.3 Å². The van der Waals surface area contributed by atoms with Gasteiger partial charge in [0.05, 0.1) is 18.3 Å². The lowest BCUT2D eigenvalue weighted by Crippen LogP contribution is -2.55. The van der Waals surface area contributed by atoms with Crippen LogP contribution in [0.3, 0.4) is 0 Å². The molecule has 3 aromatic rings. The number of nitrogens with one attached hydrogen (secondary N) is 1. The summed E-state index contributed by atoms with van der Waals surface area (Å²) in [5.74, 6) is -0.489. The first-order valence-corrected chi connectivity index (χ1v) is 10.9. The minimum atomic E-state index is -0.877. The number of piperidine rings is 1. The average Bonchev–Trinajstić information content (AvgIpc) is 2.84. The summed E-state index contributed by atoms with van der Waals surface area (Å²) in [7, 11) is 0. The molecule has 2 amide bonds. The number of pyridine rings is 1. The average molecular weight is 429 g/mol. The van der Waals surface area contributed by atoms with Gasteiger partial charge in [0.1, 0.15) is 5.41 Å². The van der Waals surface area contributed by atoms with Crippen LogP contribution in [0.15, 0.2) is 85.1 Å². The maximum Gasteiger partial charge on any atom is 0.234 e. The number of likely N-dealkylation sites (tertiary alicyclic amines) is 1. The molecule has 1 fully saturated rings. The Balaban J connectivity index is 1.51. The van der Waals surface area contributed by atoms with Crippen molar-refractivity contribution in [2.75, 3.05) is 19.6 Å². The van der Waals surface area contributed by atoms with Gasteiger partial charge in [-0.15, -0.1) is 0 Å². The van der Waals surface area contributed by atoms with E-state index in [1.54, 1.807) is 6.20 Å². The Hall–Kier alpha value is -3.51. The van der Waals surface area contributed by atoms with Crippen molar-refractivity contribution in [1.82, 2.24) is 15.2 Å². The molecular weight excluding hydrogens is 400 g/mol. The zero-order chi connectivity index (χ0) is 22.4. The molecule has 6 nitrogen and oxygen atoms in total. The molecule has 1 aromatic heterocycles. The summed E-state index contributed by atoms with van der Waals surface area (Å²) in [4.78, 5) is 32.0. The summed E-state index contributed by atoms with van der Waals surface area (Å²) in [6.45, 7) is 1.31. The van der Waals surface area contributed by atoms with Crippen molar-refractivity contribution in [3.05, 3.63) is 102 Å². The van der Waals surface area contributed by atoms with Crippen LogP contribution < -0.4 is 11.1 Å². The molecule has 0 radical (unpaired) electrons. The molecule has 1 aliphatic rings. The molecule has 32 heavy (non-hydrogen) atoms. The van der Waals surface area contributed by atoms with Crippen molar-refractivity contribution in [1.29, 1.82) is 0 Å². The predicted molar refractivity (Wildman–Crippen MR) is 124 cm³/mol. The highest BCUT2D eigenvalue weighted by molar-refractivity contribution is 5.87. The normalized spacial score (nSPS) is 18.9. The van der Waals surface area contributed by atoms with Crippen molar-refractivity contribution in [2.24, 2.45) is 5.73 Å². The summed E-state index contributed by atoms with van der Waals surface area (Å²) in [5.41, 5.74) is 7.69. The standard InChI is InChI=1S/C26H28N4O2/c27-25(32)26(22-14-7-8-16-28-22)15-9-17-30(19-26)18-23(31)29-24(20-10-3-1-4-11-20)21-12-5-2-6-13-21/h1-8,10-14,16,24H,9,15,17-19H2,(H2,27,32)(H,29,31)/t26-/m1/s1. The molecule has 0 spiro atoms. The second-order valence-electron chi connectivity index (χ2n) is 8.30. The van der Waals surface area contributed by atoms with Crippen LogP contribution in [0.5, 0.6) is 0 Å². The lowest BCUT2D eigenvalue weighted by atomic mass is 9.76. The zero-order valence-electron chi connectivity index (χ0n) is 18.0. The number of nitrogens with zero attached hydrogens (tertiary/aromatic N) is 2. The van der Waals surface area contributed by atoms with E-state index in [1.165, 1.54) is 0 Å². The maximum absolute atomic E-state index is 13.1. The largest absolute Gasteiger partial charge is 0.369 e. The molecule has 2 aromatic carbocycles. The first-order chi connectivity index (χ1) is 15.6. The molecule has 0 unspecified atom stereocenters. The Bertz CT molecular complexity index is 1000. The fourth-order valence-corrected chi connectivity index (χ4v) is 4.52. The van der Waals surface area contributed by atoms with Gasteiger partial charge < -0.3 is 11.1 Å². The molecule has 1 aliphatic heterocycles. The Morgan fingerprint density at radius 2 is 1.59 bits per heavy atom. The SMILES string of the molecule is NC(=O)[C@]1(c2ccccn2)CCCN(CC(=O)NC(c2ccccc2)c2ccccc2)C1. The molecule has 0 bridgehead atoms. The predicted octanol–water partition coefficient (Wildman–Crippen LogP) is 2.81. The van der Waals surface area contributed by atoms with Crippen LogP contribution >= 0.6 is 0 Å². The topological polar surface area (TPSA) is 88.3 Å². The third-order valence-electron chi connectivity index (χ3n) is 6.14. The molecule has 2 heterocycles. The van der Waals surface area contributed by atoms with Gasteiger partial charge in [-0.3, -0.25) is 19.5 Å². The number of carbonyl (C=O) groups is 2. The van der Waals surface area contributed by atoms with Gasteiger partial charge >= 0.3 is 0 Å². The van der Waals surface area contributed by atoms with Gasteiger partial charge in [0.2, 0.25) is 11.8 Å². The summed E-state index contributed by atoms with van der Waals surface area (Å²) in [6.07, 6.45) is 3.08. The first kappa shape index (κ1) is 21.7. The molecule has 164 valence electrons. The number of rotatable bonds is 7. The number of hydrogen-bond acceptors (Lipinski definition) is 4. The van der Waals surface area contributed by atoms with Crippen LogP contribution in [0.1, 0.15) is 35.7 Å². The lowest BCUT2D eigenvalue weighted by molar-refractivity contribution is -0.128. The minimum Gasteiger partial charge on any atom is -0.369 e. The molecule has 6 heteroatoms. The summed E-state index contributed by atoms with van der Waals surface area (Å²) >= 11 is 0. The van der Waals surface area contributed by atoms with Gasteiger partial charge in [-0.1, -0.05) is 66.7 Å². The summed E-state index contributed by atoms with van der Waals surface area (Å²) in [5, 5.41) is 3.18. The summed E-state index contributed by atoms with van der Waals surface area (Å²) < 4.78 is 0. The third kappa shape index (κ3) is 4.70. The van der Waals surface area contributed by atoms with Crippen LogP contribution in [0.4, 0.5) is 0 Å². The highest BCUT2D eigenvalue weighted by Crippen LogP contribution is 2.33. The number of hydrogen-bond donors (Lipinski definition) is 2. The van der Waals surface area contributed by atoms with E-state index in [0.29, 0.717) is 18.7 Å². The van der Waals surface area contributed by atoms with Crippen molar-refractivity contribution in [3.8, 4) is 0 Å². The molecule has 0 saturated carbocycles. The van der Waals surface area contributed by atoms with Crippen LogP contribution in [-0.4, -0.2) is 41.3 Å². The molecule has 1 saturated heterocycles. The molecule has 1 atom stereocenters.